The summed E-state index contributed by atoms with van der Waals surface area (Å²) in [6.45, 7) is 1.85. The maximum Gasteiger partial charge on any atom is 0.194 e. The Kier molecular flexibility index (Phi) is 6.41. The van der Waals surface area contributed by atoms with Gasteiger partial charge in [-0.05, 0) is 26.2 Å². The van der Waals surface area contributed by atoms with Crippen LogP contribution in [0, 0.1) is 0 Å². The van der Waals surface area contributed by atoms with Crippen LogP contribution in [0.25, 0.3) is 0 Å². The first-order chi connectivity index (χ1) is 8.84. The van der Waals surface area contributed by atoms with Crippen LogP contribution < -0.4 is 0 Å². The highest BCUT2D eigenvalue weighted by Gasteiger charge is 2.25. The second kappa shape index (κ2) is 8.10. The van der Waals surface area contributed by atoms with E-state index >= 15 is 0 Å². The Bertz CT molecular complexity index is 222. The summed E-state index contributed by atoms with van der Waals surface area (Å²) in [5.74, 6) is 0. The summed E-state index contributed by atoms with van der Waals surface area (Å²) in [5, 5.41) is 0. The van der Waals surface area contributed by atoms with Gasteiger partial charge in [-0.3, -0.25) is 0 Å². The van der Waals surface area contributed by atoms with Gasteiger partial charge in [0.25, 0.3) is 0 Å². The molecule has 2 bridgehead atoms. The van der Waals surface area contributed by atoms with Crippen molar-refractivity contribution < 1.29 is 19.2 Å². The molecule has 2 rings (SSSR count). The Labute approximate surface area is 110 Å². The van der Waals surface area contributed by atoms with E-state index in [1.165, 1.54) is 38.5 Å². The van der Waals surface area contributed by atoms with E-state index in [0.717, 1.165) is 25.7 Å². The highest BCUT2D eigenvalue weighted by Crippen LogP contribution is 2.22. The molecule has 0 radical (unpaired) electrons. The molecule has 4 heteroatoms. The van der Waals surface area contributed by atoms with Crippen molar-refractivity contribution in [2.75, 3.05) is 0 Å². The summed E-state index contributed by atoms with van der Waals surface area (Å²) >= 11 is 0. The second-order valence-electron chi connectivity index (χ2n) is 5.30. The molecule has 0 N–H and O–H groups in total. The normalized spacial score (nSPS) is 36.8. The zero-order valence-electron chi connectivity index (χ0n) is 11.4. The summed E-state index contributed by atoms with van der Waals surface area (Å²) in [6, 6.07) is 0. The first-order valence-corrected chi connectivity index (χ1v) is 7.47. The first kappa shape index (κ1) is 14.3. The van der Waals surface area contributed by atoms with Crippen molar-refractivity contribution in [3.63, 3.8) is 0 Å². The average Bonchev–Trinajstić information content (AvgIpc) is 2.52. The van der Waals surface area contributed by atoms with Gasteiger partial charge in [0.05, 0.1) is 0 Å². The molecule has 4 nitrogen and oxygen atoms in total. The standard InChI is InChI=1S/C14H26O4/c1-12-15-13-10-8-6-4-2-3-5-7-9-11-14(16-13)18-17-12/h12-14H,2-11H2,1H3. The van der Waals surface area contributed by atoms with Crippen LogP contribution in [0.4, 0.5) is 0 Å². The number of hydrogen-bond donors (Lipinski definition) is 0. The van der Waals surface area contributed by atoms with Crippen LogP contribution in [0.15, 0.2) is 0 Å². The molecule has 2 fully saturated rings. The Hall–Kier alpha value is -0.160. The predicted octanol–water partition coefficient (Wildman–Crippen LogP) is 3.89. The second-order valence-corrected chi connectivity index (χ2v) is 5.30. The average molecular weight is 258 g/mol. The smallest absolute Gasteiger partial charge is 0.194 e. The molecule has 0 aliphatic carbocycles. The first-order valence-electron chi connectivity index (χ1n) is 7.47. The largest absolute Gasteiger partial charge is 0.321 e. The quantitative estimate of drug-likeness (QED) is 0.618. The molecule has 3 unspecified atom stereocenters. The van der Waals surface area contributed by atoms with E-state index in [1.807, 2.05) is 6.92 Å². The zero-order valence-corrected chi connectivity index (χ0v) is 11.4. The van der Waals surface area contributed by atoms with Gasteiger partial charge in [-0.25, -0.2) is 9.78 Å². The van der Waals surface area contributed by atoms with Crippen LogP contribution in [-0.4, -0.2) is 18.9 Å². The van der Waals surface area contributed by atoms with Crippen LogP contribution in [0.2, 0.25) is 0 Å². The summed E-state index contributed by atoms with van der Waals surface area (Å²) < 4.78 is 11.5. The molecule has 0 amide bonds. The van der Waals surface area contributed by atoms with E-state index in [9.17, 15) is 0 Å². The fraction of sp³-hybridized carbons (Fsp3) is 1.00. The van der Waals surface area contributed by atoms with E-state index in [2.05, 4.69) is 0 Å². The highest BCUT2D eigenvalue weighted by atomic mass is 17.3. The minimum atomic E-state index is -0.340. The molecule has 0 aromatic carbocycles. The Morgan fingerprint density at radius 2 is 1.17 bits per heavy atom. The molecule has 0 spiro atoms. The van der Waals surface area contributed by atoms with E-state index in [4.69, 9.17) is 19.2 Å². The van der Waals surface area contributed by atoms with Crippen LogP contribution in [0.5, 0.6) is 0 Å². The monoisotopic (exact) mass is 258 g/mol. The highest BCUT2D eigenvalue weighted by molar-refractivity contribution is 4.56. The lowest BCUT2D eigenvalue weighted by atomic mass is 10.1. The summed E-state index contributed by atoms with van der Waals surface area (Å²) in [5.41, 5.74) is 0. The molecule has 18 heavy (non-hydrogen) atoms. The van der Waals surface area contributed by atoms with Gasteiger partial charge in [0.1, 0.15) is 0 Å². The maximum absolute atomic E-state index is 5.83. The van der Waals surface area contributed by atoms with Gasteiger partial charge in [-0.2, -0.15) is 0 Å². The van der Waals surface area contributed by atoms with Crippen LogP contribution >= 0.6 is 0 Å². The van der Waals surface area contributed by atoms with Crippen LogP contribution in [0.1, 0.15) is 71.1 Å². The van der Waals surface area contributed by atoms with E-state index in [1.54, 1.807) is 0 Å². The number of fused-ring (bicyclic) bond motifs is 2. The molecular formula is C14H26O4. The Balaban J connectivity index is 1.85. The Morgan fingerprint density at radius 3 is 1.83 bits per heavy atom. The summed E-state index contributed by atoms with van der Waals surface area (Å²) in [4.78, 5) is 10.4. The summed E-state index contributed by atoms with van der Waals surface area (Å²) in [6.07, 6.45) is 11.3. The van der Waals surface area contributed by atoms with Crippen molar-refractivity contribution in [2.24, 2.45) is 0 Å². The van der Waals surface area contributed by atoms with Crippen molar-refractivity contribution >= 4 is 0 Å². The van der Waals surface area contributed by atoms with Crippen molar-refractivity contribution in [1.82, 2.24) is 0 Å². The lowest BCUT2D eigenvalue weighted by Crippen LogP contribution is -2.23. The van der Waals surface area contributed by atoms with Gasteiger partial charge in [0, 0.05) is 6.42 Å². The lowest BCUT2D eigenvalue weighted by molar-refractivity contribution is -0.395. The topological polar surface area (TPSA) is 36.9 Å². The van der Waals surface area contributed by atoms with Crippen molar-refractivity contribution in [2.45, 2.75) is 90.0 Å². The molecule has 3 atom stereocenters. The fourth-order valence-electron chi connectivity index (χ4n) is 2.54. The van der Waals surface area contributed by atoms with E-state index in [-0.39, 0.29) is 18.9 Å². The number of hydrogen-bond acceptors (Lipinski definition) is 4. The molecule has 2 heterocycles. The van der Waals surface area contributed by atoms with Crippen molar-refractivity contribution in [3.8, 4) is 0 Å². The fourth-order valence-corrected chi connectivity index (χ4v) is 2.54. The van der Waals surface area contributed by atoms with Gasteiger partial charge in [-0.15, -0.1) is 0 Å². The van der Waals surface area contributed by atoms with Crippen LogP contribution in [0.3, 0.4) is 0 Å². The third kappa shape index (κ3) is 5.22. The van der Waals surface area contributed by atoms with Gasteiger partial charge in [-0.1, -0.05) is 38.5 Å². The molecule has 0 saturated carbocycles. The maximum atomic E-state index is 5.83. The molecule has 0 aromatic rings. The molecule has 2 aliphatic heterocycles. The predicted molar refractivity (Wildman–Crippen MR) is 67.5 cm³/mol. The minimum Gasteiger partial charge on any atom is -0.321 e. The summed E-state index contributed by atoms with van der Waals surface area (Å²) in [7, 11) is 0. The molecular weight excluding hydrogens is 232 g/mol. The SMILES string of the molecule is CC1OOC2CCCCCCCCCCC(O1)O2. The van der Waals surface area contributed by atoms with E-state index in [0.29, 0.717) is 0 Å². The zero-order chi connectivity index (χ0) is 12.6. The Morgan fingerprint density at radius 1 is 0.611 bits per heavy atom. The van der Waals surface area contributed by atoms with Gasteiger partial charge >= 0.3 is 0 Å². The molecule has 106 valence electrons. The molecule has 2 saturated heterocycles. The van der Waals surface area contributed by atoms with Crippen LogP contribution in [-0.2, 0) is 19.2 Å². The third-order valence-electron chi connectivity index (χ3n) is 3.58. The van der Waals surface area contributed by atoms with Crippen molar-refractivity contribution in [3.05, 3.63) is 0 Å². The lowest BCUT2D eigenvalue weighted by Gasteiger charge is -2.19. The van der Waals surface area contributed by atoms with E-state index < -0.39 is 0 Å². The minimum absolute atomic E-state index is 0.173. The van der Waals surface area contributed by atoms with Gasteiger partial charge in [0.15, 0.2) is 18.9 Å². The number of rotatable bonds is 0. The van der Waals surface area contributed by atoms with Gasteiger partial charge in [0.2, 0.25) is 0 Å². The molecule has 0 aromatic heterocycles. The third-order valence-corrected chi connectivity index (χ3v) is 3.58. The number of ether oxygens (including phenoxy) is 2. The molecule has 2 aliphatic rings. The van der Waals surface area contributed by atoms with Gasteiger partial charge < -0.3 is 9.47 Å². The van der Waals surface area contributed by atoms with Crippen molar-refractivity contribution in [1.29, 1.82) is 0 Å².